The Bertz CT molecular complexity index is 1650. The normalized spacial score (nSPS) is 11.0. The smallest absolute Gasteiger partial charge is 0.257 e. The van der Waals surface area contributed by atoms with Gasteiger partial charge in [0.1, 0.15) is 12.1 Å². The zero-order valence-corrected chi connectivity index (χ0v) is 21.9. The number of methoxy groups -OCH3 is 3. The van der Waals surface area contributed by atoms with Crippen molar-refractivity contribution in [2.45, 2.75) is 20.8 Å². The molecule has 5 rings (SSSR count). The van der Waals surface area contributed by atoms with E-state index in [1.807, 2.05) is 19.1 Å². The summed E-state index contributed by atoms with van der Waals surface area (Å²) in [5.74, 6) is 1.67. The molecule has 2 aromatic carbocycles. The van der Waals surface area contributed by atoms with Crippen LogP contribution in [-0.2, 0) is 0 Å². The topological polar surface area (TPSA) is 118 Å². The Labute approximate surface area is 219 Å². The number of carbonyl (C=O) groups excluding carboxylic acids is 1. The van der Waals surface area contributed by atoms with Crippen LogP contribution in [0.15, 0.2) is 48.9 Å². The molecule has 194 valence electrons. The lowest BCUT2D eigenvalue weighted by Crippen LogP contribution is -2.16. The summed E-state index contributed by atoms with van der Waals surface area (Å²) in [7, 11) is 4.50. The number of aromatic nitrogens is 6. The van der Waals surface area contributed by atoms with Gasteiger partial charge in [-0.1, -0.05) is 6.07 Å². The first-order valence-electron chi connectivity index (χ1n) is 11.8. The minimum absolute atomic E-state index is 0.320. The third kappa shape index (κ3) is 4.27. The van der Waals surface area contributed by atoms with Gasteiger partial charge in [-0.3, -0.25) is 4.79 Å². The van der Waals surface area contributed by atoms with Gasteiger partial charge in [-0.25, -0.2) is 14.6 Å². The summed E-state index contributed by atoms with van der Waals surface area (Å²) >= 11 is 0. The quantitative estimate of drug-likeness (QED) is 0.344. The molecule has 11 nitrogen and oxygen atoms in total. The number of rotatable bonds is 7. The van der Waals surface area contributed by atoms with E-state index < -0.39 is 0 Å². The Kier molecular flexibility index (Phi) is 6.41. The fourth-order valence-electron chi connectivity index (χ4n) is 4.20. The third-order valence-corrected chi connectivity index (χ3v) is 6.28. The first kappa shape index (κ1) is 24.8. The van der Waals surface area contributed by atoms with E-state index in [4.69, 9.17) is 14.2 Å². The molecule has 1 N–H and O–H groups in total. The minimum Gasteiger partial charge on any atom is -0.493 e. The van der Waals surface area contributed by atoms with Crippen molar-refractivity contribution in [2.24, 2.45) is 0 Å². The van der Waals surface area contributed by atoms with E-state index in [0.717, 1.165) is 11.3 Å². The van der Waals surface area contributed by atoms with Crippen LogP contribution in [0.1, 0.15) is 27.2 Å². The monoisotopic (exact) mass is 513 g/mol. The van der Waals surface area contributed by atoms with Crippen molar-refractivity contribution in [1.29, 1.82) is 0 Å². The molecule has 0 radical (unpaired) electrons. The van der Waals surface area contributed by atoms with Gasteiger partial charge in [-0.2, -0.15) is 14.9 Å². The molecule has 5 aromatic rings. The first-order chi connectivity index (χ1) is 18.3. The molecule has 0 atom stereocenters. The van der Waals surface area contributed by atoms with Crippen LogP contribution >= 0.6 is 0 Å². The maximum absolute atomic E-state index is 13.3. The lowest BCUT2D eigenvalue weighted by Gasteiger charge is -2.14. The largest absolute Gasteiger partial charge is 0.493 e. The molecule has 1 amide bonds. The Morgan fingerprint density at radius 3 is 2.26 bits per heavy atom. The van der Waals surface area contributed by atoms with Crippen molar-refractivity contribution in [3.05, 3.63) is 71.3 Å². The molecular formula is C27H27N7O4. The third-order valence-electron chi connectivity index (χ3n) is 6.28. The van der Waals surface area contributed by atoms with Crippen LogP contribution in [0.4, 0.5) is 5.82 Å². The summed E-state index contributed by atoms with van der Waals surface area (Å²) in [6.45, 7) is 5.96. The van der Waals surface area contributed by atoms with Crippen LogP contribution in [0.5, 0.6) is 17.2 Å². The number of hydrogen-bond donors (Lipinski definition) is 1. The zero-order chi connectivity index (χ0) is 27.0. The van der Waals surface area contributed by atoms with Gasteiger partial charge in [0.2, 0.25) is 5.75 Å². The van der Waals surface area contributed by atoms with Gasteiger partial charge >= 0.3 is 0 Å². The van der Waals surface area contributed by atoms with Crippen molar-refractivity contribution in [3.63, 3.8) is 0 Å². The van der Waals surface area contributed by atoms with Crippen molar-refractivity contribution in [2.75, 3.05) is 26.6 Å². The highest BCUT2D eigenvalue weighted by atomic mass is 16.5. The van der Waals surface area contributed by atoms with Gasteiger partial charge in [0, 0.05) is 11.6 Å². The molecule has 0 saturated carbocycles. The highest BCUT2D eigenvalue weighted by Crippen LogP contribution is 2.38. The molecule has 3 aromatic heterocycles. The maximum Gasteiger partial charge on any atom is 0.257 e. The molecule has 0 aliphatic rings. The fraction of sp³-hybridized carbons (Fsp3) is 0.222. The lowest BCUT2D eigenvalue weighted by molar-refractivity contribution is 0.102. The van der Waals surface area contributed by atoms with E-state index in [0.29, 0.717) is 51.2 Å². The van der Waals surface area contributed by atoms with Crippen LogP contribution in [0.2, 0.25) is 0 Å². The number of benzene rings is 2. The van der Waals surface area contributed by atoms with E-state index in [1.54, 1.807) is 33.8 Å². The molecular weight excluding hydrogens is 486 g/mol. The minimum atomic E-state index is -0.387. The summed E-state index contributed by atoms with van der Waals surface area (Å²) in [4.78, 5) is 22.3. The second-order valence-electron chi connectivity index (χ2n) is 8.71. The molecule has 38 heavy (non-hydrogen) atoms. The van der Waals surface area contributed by atoms with Gasteiger partial charge in [-0.05, 0) is 56.2 Å². The summed E-state index contributed by atoms with van der Waals surface area (Å²) in [5.41, 5.74) is 4.87. The average molecular weight is 514 g/mol. The van der Waals surface area contributed by atoms with Crippen LogP contribution in [0.25, 0.3) is 22.5 Å². The Morgan fingerprint density at radius 1 is 0.868 bits per heavy atom. The van der Waals surface area contributed by atoms with Crippen molar-refractivity contribution < 1.29 is 19.0 Å². The molecule has 3 heterocycles. The second-order valence-corrected chi connectivity index (χ2v) is 8.71. The number of nitrogens with zero attached hydrogens (tertiary/aromatic N) is 6. The number of anilines is 1. The Hall–Kier alpha value is -4.93. The predicted molar refractivity (Wildman–Crippen MR) is 142 cm³/mol. The Morgan fingerprint density at radius 2 is 1.61 bits per heavy atom. The van der Waals surface area contributed by atoms with E-state index in [-0.39, 0.29) is 5.91 Å². The average Bonchev–Trinajstić information content (AvgIpc) is 3.52. The summed E-state index contributed by atoms with van der Waals surface area (Å²) in [5, 5.41) is 12.8. The van der Waals surface area contributed by atoms with Gasteiger partial charge in [0.05, 0.1) is 44.3 Å². The lowest BCUT2D eigenvalue weighted by atomic mass is 10.1. The standard InChI is InChI=1S/C27H27N7O4/c1-15-7-8-19(9-16(15)2)33-25-20(13-30-33)26(29-14-28-25)34-23(10-17(3)32-34)31-27(35)18-11-21(36-4)24(38-6)22(12-18)37-5/h7-14H,1-6H3,(H,31,35). The van der Waals surface area contributed by atoms with E-state index in [1.165, 1.54) is 33.2 Å². The van der Waals surface area contributed by atoms with Gasteiger partial charge in [0.25, 0.3) is 5.91 Å². The highest BCUT2D eigenvalue weighted by Gasteiger charge is 2.21. The second kappa shape index (κ2) is 9.85. The number of aryl methyl sites for hydroxylation is 3. The van der Waals surface area contributed by atoms with E-state index in [9.17, 15) is 4.79 Å². The molecule has 11 heteroatoms. The van der Waals surface area contributed by atoms with E-state index in [2.05, 4.69) is 45.4 Å². The van der Waals surface area contributed by atoms with Crippen molar-refractivity contribution in [1.82, 2.24) is 29.5 Å². The first-order valence-corrected chi connectivity index (χ1v) is 11.8. The fourth-order valence-corrected chi connectivity index (χ4v) is 4.20. The number of ether oxygens (including phenoxy) is 3. The maximum atomic E-state index is 13.3. The van der Waals surface area contributed by atoms with Gasteiger partial charge < -0.3 is 19.5 Å². The molecule has 0 aliphatic heterocycles. The predicted octanol–water partition coefficient (Wildman–Crippen LogP) is 4.20. The van der Waals surface area contributed by atoms with Crippen molar-refractivity contribution >= 4 is 22.8 Å². The number of nitrogens with one attached hydrogen (secondary N) is 1. The molecule has 0 bridgehead atoms. The molecule has 0 unspecified atom stereocenters. The van der Waals surface area contributed by atoms with Gasteiger partial charge in [0.15, 0.2) is 23.0 Å². The molecule has 0 saturated heterocycles. The van der Waals surface area contributed by atoms with Crippen LogP contribution in [-0.4, -0.2) is 56.8 Å². The van der Waals surface area contributed by atoms with E-state index >= 15 is 0 Å². The molecule has 0 aliphatic carbocycles. The van der Waals surface area contributed by atoms with Crippen LogP contribution in [0.3, 0.4) is 0 Å². The van der Waals surface area contributed by atoms with Crippen LogP contribution < -0.4 is 19.5 Å². The summed E-state index contributed by atoms with van der Waals surface area (Å²) in [6.07, 6.45) is 3.15. The molecule has 0 spiro atoms. The summed E-state index contributed by atoms with van der Waals surface area (Å²) in [6, 6.07) is 11.0. The van der Waals surface area contributed by atoms with Gasteiger partial charge in [-0.15, -0.1) is 0 Å². The van der Waals surface area contributed by atoms with Crippen molar-refractivity contribution in [3.8, 4) is 28.8 Å². The summed E-state index contributed by atoms with van der Waals surface area (Å²) < 4.78 is 19.5. The van der Waals surface area contributed by atoms with Crippen LogP contribution in [0, 0.1) is 20.8 Å². The number of fused-ring (bicyclic) bond motifs is 1. The zero-order valence-electron chi connectivity index (χ0n) is 21.9. The molecule has 0 fully saturated rings. The number of hydrogen-bond acceptors (Lipinski definition) is 8. The highest BCUT2D eigenvalue weighted by molar-refractivity contribution is 6.05. The Balaban J connectivity index is 1.54. The number of carbonyl (C=O) groups is 1. The number of amides is 1. The SMILES string of the molecule is COc1cc(C(=O)Nc2cc(C)nn2-c2ncnc3c2cnn3-c2ccc(C)c(C)c2)cc(OC)c1OC.